The van der Waals surface area contributed by atoms with Crippen molar-refractivity contribution >= 4 is 5.91 Å². The molecule has 0 aromatic carbocycles. The van der Waals surface area contributed by atoms with E-state index >= 15 is 0 Å². The summed E-state index contributed by atoms with van der Waals surface area (Å²) in [5.41, 5.74) is 0.461. The molecule has 3 rings (SSSR count). The highest BCUT2D eigenvalue weighted by Gasteiger charge is 2.32. The molecule has 0 radical (unpaired) electrons. The Labute approximate surface area is 142 Å². The second-order valence-electron chi connectivity index (χ2n) is 6.11. The number of morpholine rings is 1. The summed E-state index contributed by atoms with van der Waals surface area (Å²) in [7, 11) is 1.52. The predicted octanol–water partition coefficient (Wildman–Crippen LogP) is 0.557. The van der Waals surface area contributed by atoms with Crippen LogP contribution < -0.4 is 10.1 Å². The molecule has 3 heterocycles. The Balaban J connectivity index is 1.65. The van der Waals surface area contributed by atoms with Crippen LogP contribution in [0.4, 0.5) is 0 Å². The minimum atomic E-state index is -0.155. The van der Waals surface area contributed by atoms with Crippen molar-refractivity contribution in [1.82, 2.24) is 15.2 Å². The van der Waals surface area contributed by atoms with Gasteiger partial charge in [-0.25, -0.2) is 4.98 Å². The summed E-state index contributed by atoms with van der Waals surface area (Å²) in [5.74, 6) is 0.637. The first-order valence-corrected chi connectivity index (χ1v) is 8.46. The Bertz CT molecular complexity index is 542. The van der Waals surface area contributed by atoms with E-state index in [-0.39, 0.29) is 11.9 Å². The number of hydrogen-bond donors (Lipinski definition) is 1. The highest BCUT2D eigenvalue weighted by atomic mass is 16.5. The minimum absolute atomic E-state index is 0.155. The lowest BCUT2D eigenvalue weighted by Crippen LogP contribution is -2.52. The number of carbonyl (C=O) groups excluding carboxylic acids is 1. The molecule has 0 spiro atoms. The molecule has 0 unspecified atom stereocenters. The topological polar surface area (TPSA) is 72.9 Å². The van der Waals surface area contributed by atoms with Gasteiger partial charge in [0.15, 0.2) is 0 Å². The Morgan fingerprint density at radius 3 is 2.96 bits per heavy atom. The summed E-state index contributed by atoms with van der Waals surface area (Å²) in [4.78, 5) is 19.0. The number of aromatic nitrogens is 1. The van der Waals surface area contributed by atoms with E-state index < -0.39 is 0 Å². The van der Waals surface area contributed by atoms with Gasteiger partial charge in [-0.05, 0) is 18.6 Å². The number of nitrogens with zero attached hydrogens (tertiary/aromatic N) is 2. The van der Waals surface area contributed by atoms with Crippen LogP contribution in [0, 0.1) is 5.92 Å². The van der Waals surface area contributed by atoms with E-state index in [0.29, 0.717) is 23.9 Å². The number of nitrogens with one attached hydrogen (secondary N) is 1. The highest BCUT2D eigenvalue weighted by molar-refractivity contribution is 5.96. The molecule has 2 aliphatic heterocycles. The summed E-state index contributed by atoms with van der Waals surface area (Å²) in [6.45, 7) is 5.43. The molecule has 0 saturated carbocycles. The molecular weight excluding hydrogens is 310 g/mol. The molecule has 2 aliphatic rings. The smallest absolute Gasteiger partial charge is 0.256 e. The number of hydrogen-bond acceptors (Lipinski definition) is 6. The number of methoxy groups -OCH3 is 1. The lowest BCUT2D eigenvalue weighted by molar-refractivity contribution is 0.00166. The fraction of sp³-hybridized carbons (Fsp3) is 0.647. The second-order valence-corrected chi connectivity index (χ2v) is 6.11. The van der Waals surface area contributed by atoms with Gasteiger partial charge in [-0.2, -0.15) is 0 Å². The Morgan fingerprint density at radius 1 is 1.42 bits per heavy atom. The molecule has 7 heteroatoms. The quantitative estimate of drug-likeness (QED) is 0.819. The maximum atomic E-state index is 12.5. The summed E-state index contributed by atoms with van der Waals surface area (Å²) in [6.07, 6.45) is 2.65. The molecule has 2 saturated heterocycles. The average Bonchev–Trinajstić information content (AvgIpc) is 3.17. The first kappa shape index (κ1) is 17.1. The molecule has 1 amide bonds. The molecule has 2 fully saturated rings. The lowest BCUT2D eigenvalue weighted by atomic mass is 9.96. The lowest BCUT2D eigenvalue weighted by Gasteiger charge is -2.37. The Kier molecular flexibility index (Phi) is 6.01. The van der Waals surface area contributed by atoms with Gasteiger partial charge in [0, 0.05) is 44.4 Å². The number of amides is 1. The zero-order valence-electron chi connectivity index (χ0n) is 14.1. The molecule has 1 aromatic rings. The van der Waals surface area contributed by atoms with E-state index in [1.54, 1.807) is 18.3 Å². The van der Waals surface area contributed by atoms with Crippen LogP contribution in [0.2, 0.25) is 0 Å². The maximum Gasteiger partial charge on any atom is 0.256 e. The Morgan fingerprint density at radius 2 is 2.25 bits per heavy atom. The predicted molar refractivity (Wildman–Crippen MR) is 88.2 cm³/mol. The Hall–Kier alpha value is -1.70. The number of ether oxygens (including phenoxy) is 3. The van der Waals surface area contributed by atoms with E-state index in [1.165, 1.54) is 7.11 Å². The van der Waals surface area contributed by atoms with Gasteiger partial charge >= 0.3 is 0 Å². The molecule has 0 aliphatic carbocycles. The van der Waals surface area contributed by atoms with Gasteiger partial charge in [0.2, 0.25) is 5.88 Å². The third kappa shape index (κ3) is 4.03. The summed E-state index contributed by atoms with van der Waals surface area (Å²) in [5, 5.41) is 3.05. The van der Waals surface area contributed by atoms with Crippen LogP contribution in [-0.2, 0) is 9.47 Å². The van der Waals surface area contributed by atoms with E-state index in [4.69, 9.17) is 14.2 Å². The molecule has 1 aromatic heterocycles. The third-order valence-corrected chi connectivity index (χ3v) is 4.70. The van der Waals surface area contributed by atoms with Crippen LogP contribution in [0.1, 0.15) is 16.8 Å². The summed E-state index contributed by atoms with van der Waals surface area (Å²) in [6, 6.07) is 3.73. The molecule has 2 atom stereocenters. The van der Waals surface area contributed by atoms with E-state index in [1.807, 2.05) is 0 Å². The van der Waals surface area contributed by atoms with Crippen LogP contribution in [0.25, 0.3) is 0 Å². The van der Waals surface area contributed by atoms with Gasteiger partial charge in [-0.3, -0.25) is 9.69 Å². The minimum Gasteiger partial charge on any atom is -0.480 e. The van der Waals surface area contributed by atoms with Crippen LogP contribution in [0.5, 0.6) is 5.88 Å². The number of carbonyl (C=O) groups is 1. The third-order valence-electron chi connectivity index (χ3n) is 4.70. The fourth-order valence-electron chi connectivity index (χ4n) is 3.38. The van der Waals surface area contributed by atoms with Crippen molar-refractivity contribution in [3.05, 3.63) is 23.9 Å². The molecule has 24 heavy (non-hydrogen) atoms. The van der Waals surface area contributed by atoms with Gasteiger partial charge in [0.25, 0.3) is 5.91 Å². The standard InChI is InChI=1S/C17H25N3O4/c1-22-17-14(3-2-5-18-17)16(21)19-11-15(13-4-8-24-12-13)20-6-9-23-10-7-20/h2-3,5,13,15H,4,6-12H2,1H3,(H,19,21)/t13-,15-/m1/s1. The molecule has 7 nitrogen and oxygen atoms in total. The van der Waals surface area contributed by atoms with Gasteiger partial charge < -0.3 is 19.5 Å². The normalized spacial score (nSPS) is 23.0. The van der Waals surface area contributed by atoms with Gasteiger partial charge in [0.05, 0.1) is 26.9 Å². The summed E-state index contributed by atoms with van der Waals surface area (Å²) >= 11 is 0. The van der Waals surface area contributed by atoms with Crippen molar-refractivity contribution in [2.75, 3.05) is 53.2 Å². The van der Waals surface area contributed by atoms with Crippen LogP contribution in [0.15, 0.2) is 18.3 Å². The monoisotopic (exact) mass is 335 g/mol. The number of pyridine rings is 1. The van der Waals surface area contributed by atoms with E-state index in [9.17, 15) is 4.79 Å². The zero-order valence-corrected chi connectivity index (χ0v) is 14.1. The van der Waals surface area contributed by atoms with Crippen molar-refractivity contribution in [2.24, 2.45) is 5.92 Å². The number of rotatable bonds is 6. The summed E-state index contributed by atoms with van der Waals surface area (Å²) < 4.78 is 16.2. The molecule has 132 valence electrons. The van der Waals surface area contributed by atoms with E-state index in [2.05, 4.69) is 15.2 Å². The van der Waals surface area contributed by atoms with Crippen molar-refractivity contribution in [3.8, 4) is 5.88 Å². The van der Waals surface area contributed by atoms with Gasteiger partial charge in [-0.15, -0.1) is 0 Å². The van der Waals surface area contributed by atoms with Crippen LogP contribution in [0.3, 0.4) is 0 Å². The SMILES string of the molecule is COc1ncccc1C(=O)NC[C@H]([C@@H]1CCOC1)N1CCOCC1. The maximum absolute atomic E-state index is 12.5. The zero-order chi connectivity index (χ0) is 16.8. The highest BCUT2D eigenvalue weighted by Crippen LogP contribution is 2.22. The average molecular weight is 335 g/mol. The first-order valence-electron chi connectivity index (χ1n) is 8.46. The van der Waals surface area contributed by atoms with Crippen molar-refractivity contribution < 1.29 is 19.0 Å². The largest absolute Gasteiger partial charge is 0.480 e. The van der Waals surface area contributed by atoms with Crippen molar-refractivity contribution in [1.29, 1.82) is 0 Å². The van der Waals surface area contributed by atoms with Crippen LogP contribution >= 0.6 is 0 Å². The van der Waals surface area contributed by atoms with Gasteiger partial charge in [0.1, 0.15) is 5.56 Å². The molecular formula is C17H25N3O4. The second kappa shape index (κ2) is 8.41. The van der Waals surface area contributed by atoms with Crippen LogP contribution in [-0.4, -0.2) is 75.0 Å². The van der Waals surface area contributed by atoms with Crippen molar-refractivity contribution in [2.45, 2.75) is 12.5 Å². The molecule has 1 N–H and O–H groups in total. The first-order chi connectivity index (χ1) is 11.8. The van der Waals surface area contributed by atoms with Crippen molar-refractivity contribution in [3.63, 3.8) is 0 Å². The van der Waals surface area contributed by atoms with E-state index in [0.717, 1.165) is 45.9 Å². The van der Waals surface area contributed by atoms with Gasteiger partial charge in [-0.1, -0.05) is 0 Å². The molecule has 0 bridgehead atoms. The fourth-order valence-corrected chi connectivity index (χ4v) is 3.38.